The number of carbonyl (C=O) groups excluding carboxylic acids is 1. The second kappa shape index (κ2) is 8.02. The molecule has 1 aromatic carbocycles. The quantitative estimate of drug-likeness (QED) is 0.828. The Morgan fingerprint density at radius 2 is 2.08 bits per heavy atom. The van der Waals surface area contributed by atoms with Crippen LogP contribution in [0, 0.1) is 0 Å². The van der Waals surface area contributed by atoms with Crippen molar-refractivity contribution < 1.29 is 14.6 Å². The fraction of sp³-hybridized carbons (Fsp3) is 0.588. The molecule has 24 heavy (non-hydrogen) atoms. The summed E-state index contributed by atoms with van der Waals surface area (Å²) in [7, 11) is 0. The van der Waals surface area contributed by atoms with Gasteiger partial charge in [-0.3, -0.25) is 9.69 Å². The number of rotatable bonds is 5. The number of benzene rings is 1. The molecule has 7 heteroatoms. The highest BCUT2D eigenvalue weighted by molar-refractivity contribution is 6.36. The third-order valence-corrected chi connectivity index (χ3v) is 5.41. The highest BCUT2D eigenvalue weighted by Crippen LogP contribution is 2.26. The van der Waals surface area contributed by atoms with E-state index in [9.17, 15) is 4.79 Å². The lowest BCUT2D eigenvalue weighted by atomic mass is 10.1. The van der Waals surface area contributed by atoms with Gasteiger partial charge in [0, 0.05) is 41.8 Å². The molecule has 2 aliphatic rings. The van der Waals surface area contributed by atoms with E-state index in [1.165, 1.54) is 0 Å². The number of fused-ring (bicyclic) bond motifs is 1. The molecule has 2 saturated heterocycles. The van der Waals surface area contributed by atoms with Crippen molar-refractivity contribution in [1.82, 2.24) is 10.2 Å². The fourth-order valence-corrected chi connectivity index (χ4v) is 4.04. The number of carbonyl (C=O) groups is 1. The fourth-order valence-electron chi connectivity index (χ4n) is 3.51. The molecule has 1 aromatic rings. The lowest BCUT2D eigenvalue weighted by Gasteiger charge is -2.34. The van der Waals surface area contributed by atoms with Gasteiger partial charge in [-0.05, 0) is 30.5 Å². The number of aliphatic hydroxyl groups excluding tert-OH is 1. The van der Waals surface area contributed by atoms with Gasteiger partial charge in [-0.15, -0.1) is 0 Å². The molecular weight excluding hydrogens is 351 g/mol. The summed E-state index contributed by atoms with van der Waals surface area (Å²) in [6.07, 6.45) is 1.81. The Hall–Kier alpha value is -0.850. The molecule has 1 amide bonds. The summed E-state index contributed by atoms with van der Waals surface area (Å²) in [4.78, 5) is 14.7. The van der Waals surface area contributed by atoms with Gasteiger partial charge in [0.25, 0.3) is 0 Å². The van der Waals surface area contributed by atoms with E-state index >= 15 is 0 Å². The molecule has 3 rings (SSSR count). The van der Waals surface area contributed by atoms with E-state index in [0.717, 1.165) is 19.5 Å². The smallest absolute Gasteiger partial charge is 0.224 e. The number of hydrogen-bond acceptors (Lipinski definition) is 4. The zero-order chi connectivity index (χ0) is 17.1. The minimum atomic E-state index is -0.0670. The van der Waals surface area contributed by atoms with Crippen molar-refractivity contribution in [3.8, 4) is 0 Å². The van der Waals surface area contributed by atoms with Gasteiger partial charge in [-0.2, -0.15) is 0 Å². The van der Waals surface area contributed by atoms with Crippen molar-refractivity contribution in [1.29, 1.82) is 0 Å². The third-order valence-electron chi connectivity index (χ3n) is 4.71. The van der Waals surface area contributed by atoms with Gasteiger partial charge in [-0.1, -0.05) is 29.3 Å². The van der Waals surface area contributed by atoms with E-state index in [1.54, 1.807) is 18.2 Å². The van der Waals surface area contributed by atoms with Crippen LogP contribution in [0.5, 0.6) is 0 Å². The van der Waals surface area contributed by atoms with Crippen molar-refractivity contribution in [3.05, 3.63) is 33.8 Å². The second-order valence-electron chi connectivity index (χ2n) is 6.45. The summed E-state index contributed by atoms with van der Waals surface area (Å²) in [6, 6.07) is 5.70. The number of hydrogen-bond donors (Lipinski definition) is 2. The van der Waals surface area contributed by atoms with Gasteiger partial charge >= 0.3 is 0 Å². The van der Waals surface area contributed by atoms with Crippen molar-refractivity contribution >= 4 is 29.1 Å². The van der Waals surface area contributed by atoms with Gasteiger partial charge in [0.05, 0.1) is 19.1 Å². The molecule has 0 spiro atoms. The second-order valence-corrected chi connectivity index (χ2v) is 7.27. The Bertz CT molecular complexity index is 579. The molecule has 0 radical (unpaired) electrons. The maximum atomic E-state index is 12.3. The van der Waals surface area contributed by atoms with Crippen molar-refractivity contribution in [2.75, 3.05) is 26.3 Å². The molecule has 0 aliphatic carbocycles. The van der Waals surface area contributed by atoms with Crippen LogP contribution >= 0.6 is 23.2 Å². The molecular formula is C17H22Cl2N2O3. The molecule has 2 N–H and O–H groups in total. The highest BCUT2D eigenvalue weighted by atomic mass is 35.5. The zero-order valence-corrected chi connectivity index (χ0v) is 14.9. The summed E-state index contributed by atoms with van der Waals surface area (Å²) >= 11 is 12.3. The lowest BCUT2D eigenvalue weighted by molar-refractivity contribution is -0.121. The minimum absolute atomic E-state index is 0.0670. The first-order chi connectivity index (χ1) is 11.6. The van der Waals surface area contributed by atoms with Crippen molar-refractivity contribution in [2.45, 2.75) is 37.5 Å². The van der Waals surface area contributed by atoms with E-state index in [2.05, 4.69) is 10.2 Å². The molecule has 2 aliphatic heterocycles. The first-order valence-electron chi connectivity index (χ1n) is 8.25. The van der Waals surface area contributed by atoms with Gasteiger partial charge in [0.1, 0.15) is 0 Å². The standard InChI is InChI=1S/C17H22Cl2N2O3/c18-15-2-1-3-16(19)14(15)7-17(23)20-11-6-12-10-24-13(4-5-22)9-21(12)8-11/h1-3,11-13,22H,4-10H2,(H,20,23)/t11-,12-,13-/m0/s1. The van der Waals surface area contributed by atoms with E-state index in [-0.39, 0.29) is 31.1 Å². The first kappa shape index (κ1) is 18.0. The maximum absolute atomic E-state index is 12.3. The van der Waals surface area contributed by atoms with Gasteiger partial charge in [0.2, 0.25) is 5.91 Å². The number of nitrogens with one attached hydrogen (secondary N) is 1. The largest absolute Gasteiger partial charge is 0.396 e. The van der Waals surface area contributed by atoms with Gasteiger partial charge < -0.3 is 15.2 Å². The molecule has 2 heterocycles. The molecule has 0 aromatic heterocycles. The van der Waals surface area contributed by atoms with Crippen LogP contribution in [-0.2, 0) is 16.0 Å². The van der Waals surface area contributed by atoms with Crippen LogP contribution in [0.1, 0.15) is 18.4 Å². The monoisotopic (exact) mass is 372 g/mol. The number of aliphatic hydroxyl groups is 1. The number of amides is 1. The predicted molar refractivity (Wildman–Crippen MR) is 93.5 cm³/mol. The van der Waals surface area contributed by atoms with Crippen molar-refractivity contribution in [2.24, 2.45) is 0 Å². The first-order valence-corrected chi connectivity index (χ1v) is 9.01. The summed E-state index contributed by atoms with van der Waals surface area (Å²) in [6.45, 7) is 2.43. The highest BCUT2D eigenvalue weighted by Gasteiger charge is 2.37. The van der Waals surface area contributed by atoms with Gasteiger partial charge in [-0.25, -0.2) is 0 Å². The number of morpholine rings is 1. The Balaban J connectivity index is 1.53. The van der Waals surface area contributed by atoms with Crippen LogP contribution < -0.4 is 5.32 Å². The Labute approximate surface area is 151 Å². The van der Waals surface area contributed by atoms with Crippen LogP contribution in [0.3, 0.4) is 0 Å². The van der Waals surface area contributed by atoms with Crippen LogP contribution in [-0.4, -0.2) is 60.4 Å². The number of halogens is 2. The zero-order valence-electron chi connectivity index (χ0n) is 13.4. The molecule has 0 bridgehead atoms. The van der Waals surface area contributed by atoms with Crippen LogP contribution in [0.4, 0.5) is 0 Å². The molecule has 3 atom stereocenters. The summed E-state index contributed by atoms with van der Waals surface area (Å²) in [5.41, 5.74) is 0.667. The molecule has 132 valence electrons. The number of ether oxygens (including phenoxy) is 1. The average molecular weight is 373 g/mol. The van der Waals surface area contributed by atoms with E-state index in [4.69, 9.17) is 33.0 Å². The lowest BCUT2D eigenvalue weighted by Crippen LogP contribution is -2.46. The maximum Gasteiger partial charge on any atom is 0.224 e. The molecule has 0 saturated carbocycles. The summed E-state index contributed by atoms with van der Waals surface area (Å²) < 4.78 is 5.76. The average Bonchev–Trinajstić information content (AvgIpc) is 2.93. The Morgan fingerprint density at radius 1 is 1.33 bits per heavy atom. The molecule has 2 fully saturated rings. The SMILES string of the molecule is O=C(Cc1c(Cl)cccc1Cl)N[C@H]1C[C@H]2CO[C@@H](CCO)CN2C1. The Morgan fingerprint density at radius 3 is 2.79 bits per heavy atom. The van der Waals surface area contributed by atoms with E-state index in [1.807, 2.05) is 0 Å². The Kier molecular flexibility index (Phi) is 6.00. The molecule has 5 nitrogen and oxygen atoms in total. The van der Waals surface area contributed by atoms with E-state index < -0.39 is 0 Å². The summed E-state index contributed by atoms with van der Waals surface area (Å²) in [5, 5.41) is 13.2. The normalized spacial score (nSPS) is 27.0. The third kappa shape index (κ3) is 4.21. The van der Waals surface area contributed by atoms with E-state index in [0.29, 0.717) is 34.7 Å². The topological polar surface area (TPSA) is 61.8 Å². The van der Waals surface area contributed by atoms with Crippen molar-refractivity contribution in [3.63, 3.8) is 0 Å². The minimum Gasteiger partial charge on any atom is -0.396 e. The van der Waals surface area contributed by atoms with Crippen LogP contribution in [0.25, 0.3) is 0 Å². The molecule has 0 unspecified atom stereocenters. The summed E-state index contributed by atoms with van der Waals surface area (Å²) in [5.74, 6) is -0.0670. The number of nitrogens with zero attached hydrogens (tertiary/aromatic N) is 1. The van der Waals surface area contributed by atoms with Gasteiger partial charge in [0.15, 0.2) is 0 Å². The predicted octanol–water partition coefficient (Wildman–Crippen LogP) is 1.88. The van der Waals surface area contributed by atoms with Crippen LogP contribution in [0.15, 0.2) is 18.2 Å². The van der Waals surface area contributed by atoms with Crippen LogP contribution in [0.2, 0.25) is 10.0 Å².